The molecule has 1 aromatic carbocycles. The van der Waals surface area contributed by atoms with Crippen molar-refractivity contribution in [1.82, 2.24) is 19.5 Å². The summed E-state index contributed by atoms with van der Waals surface area (Å²) in [6, 6.07) is 5.25. The number of benzene rings is 1. The Morgan fingerprint density at radius 1 is 1.32 bits per heavy atom. The Labute approximate surface area is 236 Å². The second kappa shape index (κ2) is 12.2. The summed E-state index contributed by atoms with van der Waals surface area (Å²) in [6.07, 6.45) is 0.345. The number of nitrogens with zero attached hydrogens (tertiary/aromatic N) is 3. The Morgan fingerprint density at radius 2 is 2.11 bits per heavy atom. The van der Waals surface area contributed by atoms with Crippen LogP contribution in [0.5, 0.6) is 0 Å². The number of fused-ring (bicyclic) bond motifs is 1. The quantitative estimate of drug-likeness (QED) is 0.373. The highest BCUT2D eigenvalue weighted by Crippen LogP contribution is 2.33. The lowest BCUT2D eigenvalue weighted by atomic mass is 10.1. The third-order valence-corrected chi connectivity index (χ3v) is 8.86. The topological polar surface area (TPSA) is 84.0 Å². The molecule has 1 fully saturated rings. The van der Waals surface area contributed by atoms with E-state index in [1.165, 1.54) is 11.9 Å². The van der Waals surface area contributed by atoms with Crippen LogP contribution >= 0.6 is 46.5 Å². The third-order valence-electron chi connectivity index (χ3n) is 5.88. The molecule has 202 valence electrons. The molecule has 4 rings (SSSR count). The molecule has 2 atom stereocenters. The minimum atomic E-state index is -0.539. The predicted octanol–water partition coefficient (Wildman–Crippen LogP) is 4.56. The molecule has 3 heterocycles. The lowest BCUT2D eigenvalue weighted by molar-refractivity contribution is -0.157. The van der Waals surface area contributed by atoms with Gasteiger partial charge < -0.3 is 9.47 Å². The first-order chi connectivity index (χ1) is 17.5. The molecule has 1 saturated heterocycles. The minimum Gasteiger partial charge on any atom is -0.459 e. The van der Waals surface area contributed by atoms with Crippen LogP contribution in [0.4, 0.5) is 0 Å². The van der Waals surface area contributed by atoms with Crippen molar-refractivity contribution in [3.05, 3.63) is 44.4 Å². The molecule has 0 bridgehead atoms. The van der Waals surface area contributed by atoms with Gasteiger partial charge in [-0.1, -0.05) is 29.3 Å². The fourth-order valence-corrected chi connectivity index (χ4v) is 6.68. The molecular weight excluding hydrogens is 555 g/mol. The van der Waals surface area contributed by atoms with E-state index in [1.54, 1.807) is 22.6 Å². The van der Waals surface area contributed by atoms with E-state index in [2.05, 4.69) is 10.2 Å². The number of carbonyl (C=O) groups excluding carboxylic acids is 2. The number of aromatic nitrogens is 1. The van der Waals surface area contributed by atoms with Crippen molar-refractivity contribution in [2.75, 3.05) is 26.2 Å². The summed E-state index contributed by atoms with van der Waals surface area (Å²) in [7, 11) is 0. The molecular formula is C25H32Cl2N4O4S2. The van der Waals surface area contributed by atoms with Gasteiger partial charge in [0.15, 0.2) is 4.34 Å². The van der Waals surface area contributed by atoms with Crippen LogP contribution in [-0.2, 0) is 38.6 Å². The van der Waals surface area contributed by atoms with Gasteiger partial charge in [0.2, 0.25) is 5.91 Å². The van der Waals surface area contributed by atoms with E-state index < -0.39 is 11.6 Å². The molecule has 1 amide bonds. The molecule has 2 aliphatic heterocycles. The van der Waals surface area contributed by atoms with E-state index >= 15 is 0 Å². The number of halogens is 2. The number of thiazole rings is 1. The summed E-state index contributed by atoms with van der Waals surface area (Å²) in [5.41, 5.74) is 1.43. The zero-order chi connectivity index (χ0) is 26.7. The highest BCUT2D eigenvalue weighted by molar-refractivity contribution is 7.99. The molecule has 2 aromatic rings. The molecule has 0 spiro atoms. The van der Waals surface area contributed by atoms with Crippen LogP contribution in [0.1, 0.15) is 43.8 Å². The Morgan fingerprint density at radius 3 is 2.81 bits per heavy atom. The predicted molar refractivity (Wildman–Crippen MR) is 147 cm³/mol. The molecule has 0 saturated carbocycles. The SMILES string of the molecule is CC(=O)N(C[C@@H]1CN(Cc2ccc(Cl)c(Cl)c2)CCO1)Sc1nc2c(s1)CNC(C(=O)OC(C)(C)C)C2. The Bertz CT molecular complexity index is 1140. The van der Waals surface area contributed by atoms with Crippen molar-refractivity contribution < 1.29 is 19.1 Å². The van der Waals surface area contributed by atoms with E-state index in [-0.39, 0.29) is 18.0 Å². The number of ether oxygens (including phenoxy) is 2. The summed E-state index contributed by atoms with van der Waals surface area (Å²) in [5.74, 6) is -0.335. The number of rotatable bonds is 7. The lowest BCUT2D eigenvalue weighted by Crippen LogP contribution is -2.46. The molecule has 37 heavy (non-hydrogen) atoms. The van der Waals surface area contributed by atoms with Crippen LogP contribution in [0, 0.1) is 0 Å². The smallest absolute Gasteiger partial charge is 0.324 e. The van der Waals surface area contributed by atoms with Crippen molar-refractivity contribution in [3.8, 4) is 0 Å². The summed E-state index contributed by atoms with van der Waals surface area (Å²) in [4.78, 5) is 33.1. The Hall–Kier alpha value is -1.40. The van der Waals surface area contributed by atoms with Gasteiger partial charge in [0.25, 0.3) is 0 Å². The maximum absolute atomic E-state index is 12.5. The molecule has 0 aliphatic carbocycles. The van der Waals surface area contributed by atoms with Gasteiger partial charge in [0, 0.05) is 56.3 Å². The first-order valence-corrected chi connectivity index (χ1v) is 14.5. The summed E-state index contributed by atoms with van der Waals surface area (Å²) in [5, 5.41) is 4.33. The van der Waals surface area contributed by atoms with Crippen molar-refractivity contribution in [3.63, 3.8) is 0 Å². The zero-order valence-electron chi connectivity index (χ0n) is 21.4. The van der Waals surface area contributed by atoms with E-state index in [4.69, 9.17) is 37.7 Å². The second-order valence-corrected chi connectivity index (χ2v) is 13.3. The van der Waals surface area contributed by atoms with Crippen LogP contribution in [-0.4, -0.2) is 70.1 Å². The summed E-state index contributed by atoms with van der Waals surface area (Å²) in [6.45, 7) is 10.9. The van der Waals surface area contributed by atoms with Gasteiger partial charge in [-0.2, -0.15) is 0 Å². The van der Waals surface area contributed by atoms with E-state index in [0.29, 0.717) is 42.7 Å². The summed E-state index contributed by atoms with van der Waals surface area (Å²) >= 11 is 15.1. The van der Waals surface area contributed by atoms with Crippen LogP contribution in [0.3, 0.4) is 0 Å². The third kappa shape index (κ3) is 8.05. The van der Waals surface area contributed by atoms with Gasteiger partial charge in [0.1, 0.15) is 11.6 Å². The molecule has 1 aromatic heterocycles. The average molecular weight is 588 g/mol. The number of morpholine rings is 1. The number of amides is 1. The van der Waals surface area contributed by atoms with Gasteiger partial charge in [-0.3, -0.25) is 24.1 Å². The number of esters is 1. The number of carbonyl (C=O) groups is 2. The van der Waals surface area contributed by atoms with Crippen LogP contribution in [0.2, 0.25) is 10.0 Å². The van der Waals surface area contributed by atoms with Crippen molar-refractivity contribution in [1.29, 1.82) is 0 Å². The zero-order valence-corrected chi connectivity index (χ0v) is 24.5. The van der Waals surface area contributed by atoms with Gasteiger partial charge in [-0.05, 0) is 38.5 Å². The van der Waals surface area contributed by atoms with E-state index in [0.717, 1.165) is 33.6 Å². The number of hydrogen-bond acceptors (Lipinski definition) is 9. The average Bonchev–Trinajstić information content (AvgIpc) is 3.22. The minimum absolute atomic E-state index is 0.0619. The van der Waals surface area contributed by atoms with Gasteiger partial charge >= 0.3 is 5.97 Å². The monoisotopic (exact) mass is 586 g/mol. The summed E-state index contributed by atoms with van der Waals surface area (Å²) < 4.78 is 14.0. The highest BCUT2D eigenvalue weighted by Gasteiger charge is 2.32. The fourth-order valence-electron chi connectivity index (χ4n) is 4.16. The lowest BCUT2D eigenvalue weighted by Gasteiger charge is -2.35. The molecule has 12 heteroatoms. The normalized spacial score (nSPS) is 20.4. The van der Waals surface area contributed by atoms with Crippen LogP contribution in [0.25, 0.3) is 0 Å². The number of hydrogen-bond donors (Lipinski definition) is 1. The molecule has 0 radical (unpaired) electrons. The van der Waals surface area contributed by atoms with Crippen LogP contribution < -0.4 is 5.32 Å². The molecule has 2 aliphatic rings. The second-order valence-electron chi connectivity index (χ2n) is 10.2. The molecule has 1 unspecified atom stereocenters. The van der Waals surface area contributed by atoms with Gasteiger partial charge in [-0.25, -0.2) is 4.98 Å². The Kier molecular flexibility index (Phi) is 9.43. The standard InChI is InChI=1S/C25H32Cl2N4O4S2/c1-15(32)31(14-17-13-30(7-8-34-17)12-16-5-6-18(26)19(27)9-16)37-24-29-20-10-21(28-11-22(20)36-24)23(33)35-25(2,3)4/h5-6,9,17,21,28H,7-8,10-14H2,1-4H3/t17-,21?/m0/s1. The molecule has 8 nitrogen and oxygen atoms in total. The molecule has 1 N–H and O–H groups in total. The largest absolute Gasteiger partial charge is 0.459 e. The van der Waals surface area contributed by atoms with Crippen molar-refractivity contribution in [2.24, 2.45) is 0 Å². The maximum Gasteiger partial charge on any atom is 0.324 e. The first-order valence-electron chi connectivity index (χ1n) is 12.2. The highest BCUT2D eigenvalue weighted by atomic mass is 35.5. The fraction of sp³-hybridized carbons (Fsp3) is 0.560. The van der Waals surface area contributed by atoms with Crippen molar-refractivity contribution in [2.45, 2.75) is 69.3 Å². The van der Waals surface area contributed by atoms with Crippen molar-refractivity contribution >= 4 is 58.4 Å². The van der Waals surface area contributed by atoms with E-state index in [9.17, 15) is 9.59 Å². The Balaban J connectivity index is 1.35. The number of nitrogens with one attached hydrogen (secondary N) is 1. The first kappa shape index (κ1) is 28.6. The maximum atomic E-state index is 12.5. The van der Waals surface area contributed by atoms with Crippen LogP contribution in [0.15, 0.2) is 22.5 Å². The van der Waals surface area contributed by atoms with Gasteiger partial charge in [0.05, 0.1) is 35.0 Å². The van der Waals surface area contributed by atoms with E-state index in [1.807, 2.05) is 39.0 Å². The van der Waals surface area contributed by atoms with Gasteiger partial charge in [-0.15, -0.1) is 11.3 Å².